The molecule has 0 spiro atoms. The maximum absolute atomic E-state index is 12.5. The van der Waals surface area contributed by atoms with Crippen LogP contribution in [0, 0.1) is 13.8 Å². The highest BCUT2D eigenvalue weighted by molar-refractivity contribution is 6.34. The Bertz CT molecular complexity index is 696. The number of amides is 1. The smallest absolute Gasteiger partial charge is 0.257 e. The molecule has 0 aliphatic carbocycles. The molecule has 1 aromatic carbocycles. The summed E-state index contributed by atoms with van der Waals surface area (Å²) >= 11 is 6.24. The highest BCUT2D eigenvalue weighted by Gasteiger charge is 2.12. The fourth-order valence-corrected chi connectivity index (χ4v) is 2.74. The molecule has 0 saturated carbocycles. The van der Waals surface area contributed by atoms with Crippen LogP contribution in [0.1, 0.15) is 27.9 Å². The Morgan fingerprint density at radius 1 is 1.25 bits per heavy atom. The maximum atomic E-state index is 12.5. The van der Waals surface area contributed by atoms with Crippen LogP contribution in [0.2, 0.25) is 5.02 Å². The van der Waals surface area contributed by atoms with E-state index in [-0.39, 0.29) is 5.91 Å². The average Bonchev–Trinajstić information content (AvgIpc) is 2.55. The fraction of sp³-hybridized carbons (Fsp3) is 0.333. The minimum atomic E-state index is -0.239. The van der Waals surface area contributed by atoms with E-state index < -0.39 is 0 Å². The number of nitrogens with one attached hydrogen (secondary N) is 2. The van der Waals surface area contributed by atoms with Crippen LogP contribution in [0.5, 0.6) is 0 Å². The van der Waals surface area contributed by atoms with E-state index >= 15 is 0 Å². The third kappa shape index (κ3) is 4.94. The van der Waals surface area contributed by atoms with Crippen molar-refractivity contribution in [2.75, 3.05) is 30.9 Å². The average molecular weight is 348 g/mol. The maximum Gasteiger partial charge on any atom is 0.257 e. The Hall–Kier alpha value is -2.11. The number of anilines is 2. The SMILES string of the molecule is COCCCNc1cncc(C(=O)Nc2c(C)cc(C)cc2Cl)c1. The van der Waals surface area contributed by atoms with E-state index in [1.165, 1.54) is 6.20 Å². The third-order valence-corrected chi connectivity index (χ3v) is 3.82. The second-order valence-corrected chi connectivity index (χ2v) is 6.04. The predicted octanol–water partition coefficient (Wildman–Crippen LogP) is 4.05. The van der Waals surface area contributed by atoms with Crippen LogP contribution in [-0.4, -0.2) is 31.2 Å². The van der Waals surface area contributed by atoms with Crippen molar-refractivity contribution in [2.45, 2.75) is 20.3 Å². The second kappa shape index (κ2) is 8.66. The highest BCUT2D eigenvalue weighted by atomic mass is 35.5. The summed E-state index contributed by atoms with van der Waals surface area (Å²) in [6, 6.07) is 5.58. The monoisotopic (exact) mass is 347 g/mol. The summed E-state index contributed by atoms with van der Waals surface area (Å²) in [5.41, 5.74) is 3.88. The molecule has 1 heterocycles. The van der Waals surface area contributed by atoms with Crippen molar-refractivity contribution in [3.8, 4) is 0 Å². The van der Waals surface area contributed by atoms with Crippen LogP contribution < -0.4 is 10.6 Å². The van der Waals surface area contributed by atoms with Gasteiger partial charge in [-0.2, -0.15) is 0 Å². The van der Waals surface area contributed by atoms with Crippen LogP contribution >= 0.6 is 11.6 Å². The van der Waals surface area contributed by atoms with E-state index in [1.807, 2.05) is 26.0 Å². The van der Waals surface area contributed by atoms with E-state index in [2.05, 4.69) is 15.6 Å². The molecule has 6 heteroatoms. The van der Waals surface area contributed by atoms with E-state index in [0.29, 0.717) is 22.9 Å². The molecule has 2 rings (SSSR count). The summed E-state index contributed by atoms with van der Waals surface area (Å²) in [4.78, 5) is 16.6. The Labute approximate surface area is 147 Å². The number of aryl methyl sites for hydroxylation is 2. The number of aromatic nitrogens is 1. The molecule has 2 N–H and O–H groups in total. The molecular weight excluding hydrogens is 326 g/mol. The summed E-state index contributed by atoms with van der Waals surface area (Å²) in [6.45, 7) is 5.32. The fourth-order valence-electron chi connectivity index (χ4n) is 2.37. The molecule has 0 bridgehead atoms. The molecule has 2 aromatic rings. The molecular formula is C18H22ClN3O2. The number of ether oxygens (including phenoxy) is 1. The number of carbonyl (C=O) groups excluding carboxylic acids is 1. The van der Waals surface area contributed by atoms with Gasteiger partial charge in [0.05, 0.1) is 22.0 Å². The minimum absolute atomic E-state index is 0.239. The predicted molar refractivity (Wildman–Crippen MR) is 98.1 cm³/mol. The van der Waals surface area contributed by atoms with Crippen molar-refractivity contribution < 1.29 is 9.53 Å². The minimum Gasteiger partial charge on any atom is -0.385 e. The van der Waals surface area contributed by atoms with Crippen molar-refractivity contribution in [1.29, 1.82) is 0 Å². The van der Waals surface area contributed by atoms with Crippen LogP contribution in [0.25, 0.3) is 0 Å². The molecule has 1 aromatic heterocycles. The number of rotatable bonds is 7. The normalized spacial score (nSPS) is 10.5. The summed E-state index contributed by atoms with van der Waals surface area (Å²) in [6.07, 6.45) is 4.10. The topological polar surface area (TPSA) is 63.2 Å². The first kappa shape index (κ1) is 18.2. The standard InChI is InChI=1S/C18H22ClN3O2/c1-12-7-13(2)17(16(19)8-12)22-18(23)14-9-15(11-20-10-14)21-5-4-6-24-3/h7-11,21H,4-6H2,1-3H3,(H,22,23). The van der Waals surface area contributed by atoms with Gasteiger partial charge in [0.1, 0.15) is 0 Å². The number of halogens is 1. The van der Waals surface area contributed by atoms with E-state index in [1.54, 1.807) is 19.4 Å². The molecule has 0 saturated heterocycles. The zero-order valence-electron chi connectivity index (χ0n) is 14.1. The Balaban J connectivity index is 2.07. The van der Waals surface area contributed by atoms with Crippen LogP contribution in [-0.2, 0) is 4.74 Å². The third-order valence-electron chi connectivity index (χ3n) is 3.53. The van der Waals surface area contributed by atoms with Crippen molar-refractivity contribution in [3.63, 3.8) is 0 Å². The Kier molecular flexibility index (Phi) is 6.58. The molecule has 24 heavy (non-hydrogen) atoms. The van der Waals surface area contributed by atoms with Gasteiger partial charge in [-0.25, -0.2) is 0 Å². The summed E-state index contributed by atoms with van der Waals surface area (Å²) in [7, 11) is 1.67. The first-order chi connectivity index (χ1) is 11.5. The molecule has 1 amide bonds. The molecule has 0 aliphatic heterocycles. The molecule has 0 aliphatic rings. The molecule has 128 valence electrons. The van der Waals surface area contributed by atoms with Crippen LogP contribution in [0.3, 0.4) is 0 Å². The van der Waals surface area contributed by atoms with Crippen LogP contribution in [0.4, 0.5) is 11.4 Å². The molecule has 0 atom stereocenters. The first-order valence-electron chi connectivity index (χ1n) is 7.77. The van der Waals surface area contributed by atoms with Crippen molar-refractivity contribution in [1.82, 2.24) is 4.98 Å². The largest absolute Gasteiger partial charge is 0.385 e. The lowest BCUT2D eigenvalue weighted by molar-refractivity contribution is 0.102. The second-order valence-electron chi connectivity index (χ2n) is 5.63. The Morgan fingerprint density at radius 2 is 2.04 bits per heavy atom. The number of carbonyl (C=O) groups is 1. The zero-order valence-corrected chi connectivity index (χ0v) is 14.9. The van der Waals surface area contributed by atoms with Gasteiger partial charge in [0.2, 0.25) is 0 Å². The number of pyridine rings is 1. The lowest BCUT2D eigenvalue weighted by atomic mass is 10.1. The number of benzene rings is 1. The van der Waals surface area contributed by atoms with Crippen molar-refractivity contribution in [2.24, 2.45) is 0 Å². The number of hydrogen-bond acceptors (Lipinski definition) is 4. The first-order valence-corrected chi connectivity index (χ1v) is 8.15. The van der Waals surface area contributed by atoms with Gasteiger partial charge in [-0.05, 0) is 43.5 Å². The lowest BCUT2D eigenvalue weighted by Gasteiger charge is -2.12. The molecule has 0 radical (unpaired) electrons. The van der Waals surface area contributed by atoms with Crippen LogP contribution in [0.15, 0.2) is 30.6 Å². The quantitative estimate of drug-likeness (QED) is 0.741. The lowest BCUT2D eigenvalue weighted by Crippen LogP contribution is -2.14. The number of nitrogens with zero attached hydrogens (tertiary/aromatic N) is 1. The summed E-state index contributed by atoms with van der Waals surface area (Å²) < 4.78 is 5.01. The van der Waals surface area contributed by atoms with Gasteiger partial charge in [0, 0.05) is 32.7 Å². The molecule has 0 unspecified atom stereocenters. The Morgan fingerprint density at radius 3 is 2.75 bits per heavy atom. The van der Waals surface area contributed by atoms with Gasteiger partial charge >= 0.3 is 0 Å². The number of hydrogen-bond donors (Lipinski definition) is 2. The molecule has 5 nitrogen and oxygen atoms in total. The highest BCUT2D eigenvalue weighted by Crippen LogP contribution is 2.27. The molecule has 0 fully saturated rings. The van der Waals surface area contributed by atoms with E-state index in [0.717, 1.165) is 29.8 Å². The van der Waals surface area contributed by atoms with Gasteiger partial charge in [-0.3, -0.25) is 9.78 Å². The zero-order chi connectivity index (χ0) is 17.5. The van der Waals surface area contributed by atoms with E-state index in [4.69, 9.17) is 16.3 Å². The van der Waals surface area contributed by atoms with Gasteiger partial charge < -0.3 is 15.4 Å². The van der Waals surface area contributed by atoms with Crippen molar-refractivity contribution >= 4 is 28.9 Å². The van der Waals surface area contributed by atoms with Gasteiger partial charge in [0.15, 0.2) is 0 Å². The van der Waals surface area contributed by atoms with E-state index in [9.17, 15) is 4.79 Å². The summed E-state index contributed by atoms with van der Waals surface area (Å²) in [5.74, 6) is -0.239. The number of methoxy groups -OCH3 is 1. The van der Waals surface area contributed by atoms with Gasteiger partial charge in [-0.15, -0.1) is 0 Å². The van der Waals surface area contributed by atoms with Gasteiger partial charge in [-0.1, -0.05) is 17.7 Å². The van der Waals surface area contributed by atoms with Crippen molar-refractivity contribution in [3.05, 3.63) is 52.3 Å². The van der Waals surface area contributed by atoms with Gasteiger partial charge in [0.25, 0.3) is 5.91 Å². The summed E-state index contributed by atoms with van der Waals surface area (Å²) in [5, 5.41) is 6.62.